The molecule has 1 aromatic carbocycles. The molecule has 0 aromatic heterocycles. The van der Waals surface area contributed by atoms with E-state index < -0.39 is 12.0 Å². The number of hydrogen-bond acceptors (Lipinski definition) is 5. The van der Waals surface area contributed by atoms with Crippen molar-refractivity contribution in [1.82, 2.24) is 25.3 Å². The van der Waals surface area contributed by atoms with Gasteiger partial charge in [-0.15, -0.1) is 6.58 Å². The van der Waals surface area contributed by atoms with Crippen LogP contribution in [0.5, 0.6) is 0 Å². The number of rotatable bonds is 9. The van der Waals surface area contributed by atoms with Gasteiger partial charge in [-0.1, -0.05) is 36.7 Å². The van der Waals surface area contributed by atoms with E-state index in [4.69, 9.17) is 16.3 Å². The average molecular weight is 518 g/mol. The van der Waals surface area contributed by atoms with Gasteiger partial charge in [-0.2, -0.15) is 0 Å². The molecule has 1 aromatic rings. The second-order valence-electron chi connectivity index (χ2n) is 8.77. The molecule has 1 atom stereocenters. The molecule has 2 heterocycles. The Morgan fingerprint density at radius 2 is 2.06 bits per heavy atom. The number of amides is 4. The van der Waals surface area contributed by atoms with E-state index in [9.17, 15) is 14.4 Å². The van der Waals surface area contributed by atoms with E-state index in [2.05, 4.69) is 22.1 Å². The number of urea groups is 2. The fraction of sp³-hybridized carbons (Fsp3) is 0.500. The van der Waals surface area contributed by atoms with Crippen molar-refractivity contribution >= 4 is 29.6 Å². The summed E-state index contributed by atoms with van der Waals surface area (Å²) >= 11 is 6.23. The Labute approximate surface area is 218 Å². The van der Waals surface area contributed by atoms with Gasteiger partial charge in [-0.25, -0.2) is 14.4 Å². The number of nitrogens with one attached hydrogen (secondary N) is 2. The van der Waals surface area contributed by atoms with E-state index in [1.165, 1.54) is 4.90 Å². The minimum absolute atomic E-state index is 0.0588. The standard InChI is InChI=1S/C26H36ClN5O4/c1-4-11-28-25(34)31-14-8-13-30(15-16-31)18-21-22(24(33)36-6-3)23(19-9-7-10-20(27)17-19)29-26(35)32(21)12-5-2/h5,7,9-10,17,23H,2,4,6,8,11-16,18H2,1,3H3,(H,28,34)(H,29,35)/t23-/m1/s1. The number of benzene rings is 1. The molecule has 0 bridgehead atoms. The highest BCUT2D eigenvalue weighted by atomic mass is 35.5. The van der Waals surface area contributed by atoms with Crippen LogP contribution in [0.25, 0.3) is 0 Å². The number of esters is 1. The van der Waals surface area contributed by atoms with Crippen LogP contribution in [-0.4, -0.2) is 85.2 Å². The number of hydrogen-bond donors (Lipinski definition) is 2. The maximum Gasteiger partial charge on any atom is 0.338 e. The topological polar surface area (TPSA) is 94.2 Å². The van der Waals surface area contributed by atoms with Crippen LogP contribution in [0.3, 0.4) is 0 Å². The van der Waals surface area contributed by atoms with E-state index in [0.717, 1.165) is 19.4 Å². The molecule has 2 aliphatic rings. The first-order valence-electron chi connectivity index (χ1n) is 12.5. The summed E-state index contributed by atoms with van der Waals surface area (Å²) in [5.74, 6) is -0.484. The Morgan fingerprint density at radius 1 is 1.25 bits per heavy atom. The molecule has 36 heavy (non-hydrogen) atoms. The van der Waals surface area contributed by atoms with Gasteiger partial charge in [0.25, 0.3) is 0 Å². The third-order valence-electron chi connectivity index (χ3n) is 6.20. The molecule has 2 N–H and O–H groups in total. The third kappa shape index (κ3) is 6.79. The molecule has 0 unspecified atom stereocenters. The molecule has 0 aliphatic carbocycles. The summed E-state index contributed by atoms with van der Waals surface area (Å²) in [5.41, 5.74) is 1.65. The highest BCUT2D eigenvalue weighted by molar-refractivity contribution is 6.30. The van der Waals surface area contributed by atoms with Gasteiger partial charge in [0.2, 0.25) is 0 Å². The van der Waals surface area contributed by atoms with Gasteiger partial charge in [0, 0.05) is 56.5 Å². The van der Waals surface area contributed by atoms with Crippen LogP contribution in [0.4, 0.5) is 9.59 Å². The van der Waals surface area contributed by atoms with Gasteiger partial charge in [-0.05, 0) is 37.5 Å². The molecule has 4 amide bonds. The number of carbonyl (C=O) groups excluding carboxylic acids is 3. The molecular weight excluding hydrogens is 482 g/mol. The van der Waals surface area contributed by atoms with Crippen molar-refractivity contribution < 1.29 is 19.1 Å². The van der Waals surface area contributed by atoms with Crippen LogP contribution in [-0.2, 0) is 9.53 Å². The smallest absolute Gasteiger partial charge is 0.338 e. The first kappa shape index (κ1) is 27.5. The predicted octanol–water partition coefficient (Wildman–Crippen LogP) is 3.54. The van der Waals surface area contributed by atoms with Crippen LogP contribution in [0, 0.1) is 0 Å². The second kappa shape index (κ2) is 13.3. The number of halogens is 1. The van der Waals surface area contributed by atoms with Gasteiger partial charge < -0.3 is 20.3 Å². The largest absolute Gasteiger partial charge is 0.463 e. The summed E-state index contributed by atoms with van der Waals surface area (Å²) in [6.07, 6.45) is 3.29. The zero-order chi connectivity index (χ0) is 26.1. The zero-order valence-corrected chi connectivity index (χ0v) is 21.9. The minimum Gasteiger partial charge on any atom is -0.463 e. The first-order chi connectivity index (χ1) is 17.4. The van der Waals surface area contributed by atoms with Crippen molar-refractivity contribution in [3.8, 4) is 0 Å². The number of carbonyl (C=O) groups is 3. The van der Waals surface area contributed by atoms with Gasteiger partial charge in [0.15, 0.2) is 0 Å². The predicted molar refractivity (Wildman–Crippen MR) is 140 cm³/mol. The van der Waals surface area contributed by atoms with Crippen molar-refractivity contribution in [2.24, 2.45) is 0 Å². The van der Waals surface area contributed by atoms with Crippen LogP contribution in [0.15, 0.2) is 48.2 Å². The highest BCUT2D eigenvalue weighted by Gasteiger charge is 2.38. The molecule has 196 valence electrons. The Hall–Kier alpha value is -3.04. The molecule has 3 rings (SSSR count). The Bertz CT molecular complexity index is 998. The summed E-state index contributed by atoms with van der Waals surface area (Å²) in [6, 6.07) is 6.02. The molecule has 0 spiro atoms. The molecule has 1 saturated heterocycles. The molecule has 0 saturated carbocycles. The molecule has 10 heteroatoms. The van der Waals surface area contributed by atoms with Gasteiger partial charge in [0.1, 0.15) is 0 Å². The average Bonchev–Trinajstić information content (AvgIpc) is 3.10. The maximum atomic E-state index is 13.3. The SMILES string of the molecule is C=CCN1C(=O)N[C@H](c2cccc(Cl)c2)C(C(=O)OCC)=C1CN1CCCN(C(=O)NCCC)CC1. The fourth-order valence-corrected chi connectivity index (χ4v) is 4.67. The van der Waals surface area contributed by atoms with Gasteiger partial charge in [-0.3, -0.25) is 9.80 Å². The van der Waals surface area contributed by atoms with Gasteiger partial charge >= 0.3 is 18.0 Å². The second-order valence-corrected chi connectivity index (χ2v) is 9.20. The number of nitrogens with zero attached hydrogens (tertiary/aromatic N) is 3. The lowest BCUT2D eigenvalue weighted by Gasteiger charge is -2.38. The van der Waals surface area contributed by atoms with E-state index in [1.54, 1.807) is 31.2 Å². The summed E-state index contributed by atoms with van der Waals surface area (Å²) in [5, 5.41) is 6.39. The lowest BCUT2D eigenvalue weighted by atomic mass is 9.94. The lowest BCUT2D eigenvalue weighted by molar-refractivity contribution is -0.139. The van der Waals surface area contributed by atoms with E-state index in [0.29, 0.717) is 54.6 Å². The van der Waals surface area contributed by atoms with Crippen molar-refractivity contribution in [2.75, 3.05) is 52.4 Å². The Morgan fingerprint density at radius 3 is 2.75 bits per heavy atom. The van der Waals surface area contributed by atoms with Crippen molar-refractivity contribution in [2.45, 2.75) is 32.7 Å². The van der Waals surface area contributed by atoms with Crippen molar-refractivity contribution in [1.29, 1.82) is 0 Å². The Balaban J connectivity index is 1.95. The van der Waals surface area contributed by atoms with E-state index in [1.807, 2.05) is 17.9 Å². The highest BCUT2D eigenvalue weighted by Crippen LogP contribution is 2.33. The van der Waals surface area contributed by atoms with Crippen molar-refractivity contribution in [3.63, 3.8) is 0 Å². The van der Waals surface area contributed by atoms with Gasteiger partial charge in [0.05, 0.1) is 18.2 Å². The monoisotopic (exact) mass is 517 g/mol. The van der Waals surface area contributed by atoms with Crippen LogP contribution in [0.1, 0.15) is 38.3 Å². The summed E-state index contributed by atoms with van der Waals surface area (Å²) < 4.78 is 5.44. The Kier molecular flexibility index (Phi) is 10.2. The van der Waals surface area contributed by atoms with Crippen molar-refractivity contribution in [3.05, 3.63) is 58.8 Å². The fourth-order valence-electron chi connectivity index (χ4n) is 4.47. The zero-order valence-electron chi connectivity index (χ0n) is 21.1. The van der Waals surface area contributed by atoms with E-state index in [-0.39, 0.29) is 25.2 Å². The minimum atomic E-state index is -0.699. The van der Waals surface area contributed by atoms with E-state index >= 15 is 0 Å². The maximum absolute atomic E-state index is 13.3. The summed E-state index contributed by atoms with van der Waals surface area (Å²) in [4.78, 5) is 44.5. The third-order valence-corrected chi connectivity index (χ3v) is 6.44. The molecular formula is C26H36ClN5O4. The van der Waals surface area contributed by atoms with Crippen LogP contribution < -0.4 is 10.6 Å². The summed E-state index contributed by atoms with van der Waals surface area (Å²) in [6.45, 7) is 11.6. The first-order valence-corrected chi connectivity index (χ1v) is 12.9. The summed E-state index contributed by atoms with van der Waals surface area (Å²) in [7, 11) is 0. The van der Waals surface area contributed by atoms with Crippen LogP contribution in [0.2, 0.25) is 5.02 Å². The molecule has 1 fully saturated rings. The quantitative estimate of drug-likeness (QED) is 0.386. The molecule has 2 aliphatic heterocycles. The number of ether oxygens (including phenoxy) is 1. The normalized spacial score (nSPS) is 19.0. The molecule has 0 radical (unpaired) electrons. The van der Waals surface area contributed by atoms with Crippen LogP contribution >= 0.6 is 11.6 Å². The lowest BCUT2D eigenvalue weighted by Crippen LogP contribution is -2.51. The molecule has 9 nitrogen and oxygen atoms in total.